The molecule has 2 fully saturated rings. The first-order valence-corrected chi connectivity index (χ1v) is 15.1. The van der Waals surface area contributed by atoms with Crippen LogP contribution in [0.25, 0.3) is 0 Å². The maximum Gasteiger partial charge on any atom is 0.243 e. The van der Waals surface area contributed by atoms with Gasteiger partial charge in [-0.05, 0) is 92.1 Å². The molecule has 0 aromatic rings. The van der Waals surface area contributed by atoms with E-state index in [1.807, 2.05) is 19.9 Å². The van der Waals surface area contributed by atoms with Crippen LogP contribution in [0.1, 0.15) is 114 Å². The largest absolute Gasteiger partial charge is 0.347 e. The van der Waals surface area contributed by atoms with Gasteiger partial charge >= 0.3 is 0 Å². The van der Waals surface area contributed by atoms with Crippen LogP contribution in [0.2, 0.25) is 0 Å². The number of rotatable bonds is 7. The molecule has 0 radical (unpaired) electrons. The van der Waals surface area contributed by atoms with Gasteiger partial charge in [-0.3, -0.25) is 14.4 Å². The Bertz CT molecular complexity index is 1200. The third-order valence-electron chi connectivity index (χ3n) is 11.7. The van der Waals surface area contributed by atoms with Crippen molar-refractivity contribution < 1.29 is 14.4 Å². The zero-order chi connectivity index (χ0) is 30.5. The Kier molecular flexibility index (Phi) is 8.34. The highest BCUT2D eigenvalue weighted by Gasteiger charge is 2.61. The van der Waals surface area contributed by atoms with E-state index in [1.54, 1.807) is 13.0 Å². The zero-order valence-electron chi connectivity index (χ0n) is 26.7. The molecule has 0 spiro atoms. The number of carbonyl (C=O) groups excluding carboxylic acids is 3. The number of carbonyl (C=O) groups is 3. The molecule has 0 aliphatic heterocycles. The summed E-state index contributed by atoms with van der Waals surface area (Å²) in [5.41, 5.74) is -0.703. The quantitative estimate of drug-likeness (QED) is 0.331. The number of nitrogens with zero attached hydrogens (tertiary/aromatic N) is 1. The highest BCUT2D eigenvalue weighted by molar-refractivity contribution is 6.04. The SMILES string of the molecule is C=CC(=O)N[C@]1(CCC(C)(C)[C@]2(C)CC[C@H]3C(C)(C)C(=O)C(C#N)=C[C@]3(C)/C2=C/C(C)=O)CCC(C)(C)CC1C. The fourth-order valence-corrected chi connectivity index (χ4v) is 8.77. The van der Waals surface area contributed by atoms with E-state index in [9.17, 15) is 19.6 Å². The van der Waals surface area contributed by atoms with Gasteiger partial charge in [0.2, 0.25) is 5.91 Å². The summed E-state index contributed by atoms with van der Waals surface area (Å²) in [6.07, 6.45) is 11.4. The molecular weight excluding hydrogens is 496 g/mol. The first-order valence-electron chi connectivity index (χ1n) is 15.1. The molecule has 5 heteroatoms. The summed E-state index contributed by atoms with van der Waals surface area (Å²) in [5, 5.41) is 13.3. The van der Waals surface area contributed by atoms with Gasteiger partial charge in [-0.1, -0.05) is 80.5 Å². The number of hydrogen-bond acceptors (Lipinski definition) is 4. The molecule has 1 amide bonds. The molecule has 0 aromatic carbocycles. The van der Waals surface area contributed by atoms with Gasteiger partial charge in [0, 0.05) is 16.4 Å². The second kappa shape index (κ2) is 10.4. The number of nitrogens with one attached hydrogen (secondary N) is 1. The maximum atomic E-state index is 13.2. The third kappa shape index (κ3) is 5.28. The Morgan fingerprint density at radius 1 is 1.15 bits per heavy atom. The summed E-state index contributed by atoms with van der Waals surface area (Å²) in [6, 6.07) is 2.17. The molecule has 5 nitrogen and oxygen atoms in total. The average Bonchev–Trinajstić information content (AvgIpc) is 2.84. The highest BCUT2D eigenvalue weighted by Crippen LogP contribution is 2.67. The number of fused-ring (bicyclic) bond motifs is 1. The standard InChI is InChI=1S/C35H52N2O3/c1-12-28(39)37-35(17-15-30(4,5)20-23(35)2)18-16-31(6,7)34(11)14-13-26-32(8,9)29(40)25(22-36)21-33(26,10)27(34)19-24(3)38/h12,19,21,23,26H,1,13-18,20H2,2-11H3,(H,37,39)/b27-19-/t23?,26-,33-,34+,35-/m0/s1. The Morgan fingerprint density at radius 2 is 1.77 bits per heavy atom. The first kappa shape index (κ1) is 32.0. The lowest BCUT2D eigenvalue weighted by atomic mass is 9.42. The van der Waals surface area contributed by atoms with Crippen LogP contribution in [-0.4, -0.2) is 23.0 Å². The summed E-state index contributed by atoms with van der Waals surface area (Å²) < 4.78 is 0. The van der Waals surface area contributed by atoms with Crippen molar-refractivity contribution in [3.05, 3.63) is 36.0 Å². The van der Waals surface area contributed by atoms with Crippen LogP contribution in [0.4, 0.5) is 0 Å². The monoisotopic (exact) mass is 548 g/mol. The Balaban J connectivity index is 2.07. The maximum absolute atomic E-state index is 13.2. The molecule has 3 rings (SSSR count). The number of allylic oxidation sites excluding steroid dienone is 4. The predicted molar refractivity (Wildman–Crippen MR) is 161 cm³/mol. The van der Waals surface area contributed by atoms with Crippen LogP contribution in [0.15, 0.2) is 36.0 Å². The molecule has 0 heterocycles. The van der Waals surface area contributed by atoms with Crippen molar-refractivity contribution in [2.24, 2.45) is 38.9 Å². The van der Waals surface area contributed by atoms with Crippen LogP contribution < -0.4 is 5.32 Å². The summed E-state index contributed by atoms with van der Waals surface area (Å²) in [7, 11) is 0. The summed E-state index contributed by atoms with van der Waals surface area (Å²) in [5.74, 6) is 0.0763. The first-order chi connectivity index (χ1) is 18.2. The van der Waals surface area contributed by atoms with Crippen LogP contribution in [-0.2, 0) is 14.4 Å². The minimum Gasteiger partial charge on any atom is -0.347 e. The van der Waals surface area contributed by atoms with E-state index in [-0.39, 0.29) is 50.7 Å². The second-order valence-corrected chi connectivity index (χ2v) is 15.6. The lowest BCUT2D eigenvalue weighted by Crippen LogP contribution is -2.58. The molecule has 220 valence electrons. The smallest absolute Gasteiger partial charge is 0.243 e. The molecule has 0 aromatic heterocycles. The van der Waals surface area contributed by atoms with Gasteiger partial charge in [0.25, 0.3) is 0 Å². The summed E-state index contributed by atoms with van der Waals surface area (Å²) in [6.45, 7) is 25.1. The second-order valence-electron chi connectivity index (χ2n) is 15.6. The normalized spacial score (nSPS) is 36.2. The molecule has 0 bridgehead atoms. The lowest BCUT2D eigenvalue weighted by Gasteiger charge is -2.61. The van der Waals surface area contributed by atoms with E-state index in [0.29, 0.717) is 5.92 Å². The molecule has 2 saturated carbocycles. The predicted octanol–water partition coefficient (Wildman–Crippen LogP) is 7.68. The van der Waals surface area contributed by atoms with Gasteiger partial charge in [-0.2, -0.15) is 5.26 Å². The van der Waals surface area contributed by atoms with Crippen LogP contribution in [0.3, 0.4) is 0 Å². The van der Waals surface area contributed by atoms with Crippen molar-refractivity contribution >= 4 is 17.5 Å². The van der Waals surface area contributed by atoms with Crippen molar-refractivity contribution in [2.45, 2.75) is 120 Å². The van der Waals surface area contributed by atoms with Gasteiger partial charge < -0.3 is 5.32 Å². The third-order valence-corrected chi connectivity index (χ3v) is 11.7. The summed E-state index contributed by atoms with van der Waals surface area (Å²) >= 11 is 0. The van der Waals surface area contributed by atoms with Crippen LogP contribution in [0, 0.1) is 50.2 Å². The highest BCUT2D eigenvalue weighted by atomic mass is 16.1. The fourth-order valence-electron chi connectivity index (χ4n) is 8.77. The number of hydrogen-bond donors (Lipinski definition) is 1. The minimum atomic E-state index is -0.695. The topological polar surface area (TPSA) is 87.0 Å². The van der Waals surface area contributed by atoms with E-state index in [1.165, 1.54) is 6.08 Å². The van der Waals surface area contributed by atoms with Crippen molar-refractivity contribution in [3.63, 3.8) is 0 Å². The van der Waals surface area contributed by atoms with E-state index in [4.69, 9.17) is 0 Å². The molecule has 5 atom stereocenters. The number of amides is 1. The van der Waals surface area contributed by atoms with E-state index in [2.05, 4.69) is 66.4 Å². The average molecular weight is 549 g/mol. The molecule has 1 unspecified atom stereocenters. The van der Waals surface area contributed by atoms with Gasteiger partial charge in [0.05, 0.1) is 5.57 Å². The Labute approximate surface area is 242 Å². The van der Waals surface area contributed by atoms with Crippen LogP contribution >= 0.6 is 0 Å². The van der Waals surface area contributed by atoms with Crippen molar-refractivity contribution in [3.8, 4) is 6.07 Å². The lowest BCUT2D eigenvalue weighted by molar-refractivity contribution is -0.131. The molecule has 40 heavy (non-hydrogen) atoms. The fraction of sp³-hybridized carbons (Fsp3) is 0.714. The van der Waals surface area contributed by atoms with Crippen molar-refractivity contribution in [1.82, 2.24) is 5.32 Å². The number of Topliss-reactive ketones (excluding diaryl/α,β-unsaturated/α-hetero) is 1. The molecule has 3 aliphatic rings. The van der Waals surface area contributed by atoms with E-state index < -0.39 is 10.8 Å². The van der Waals surface area contributed by atoms with Gasteiger partial charge in [0.15, 0.2) is 11.6 Å². The zero-order valence-corrected chi connectivity index (χ0v) is 26.7. The van der Waals surface area contributed by atoms with Crippen molar-refractivity contribution in [1.29, 1.82) is 5.26 Å². The van der Waals surface area contributed by atoms with Crippen molar-refractivity contribution in [2.75, 3.05) is 0 Å². The molecule has 0 saturated heterocycles. The minimum absolute atomic E-state index is 0.00195. The summed E-state index contributed by atoms with van der Waals surface area (Å²) in [4.78, 5) is 38.7. The number of nitriles is 1. The number of ketones is 2. The Morgan fingerprint density at radius 3 is 2.30 bits per heavy atom. The molecular formula is C35H52N2O3. The molecule has 1 N–H and O–H groups in total. The van der Waals surface area contributed by atoms with Gasteiger partial charge in [-0.15, -0.1) is 0 Å². The van der Waals surface area contributed by atoms with E-state index in [0.717, 1.165) is 50.5 Å². The van der Waals surface area contributed by atoms with Gasteiger partial charge in [-0.25, -0.2) is 0 Å². The van der Waals surface area contributed by atoms with Gasteiger partial charge in [0.1, 0.15) is 6.07 Å². The van der Waals surface area contributed by atoms with E-state index >= 15 is 0 Å². The Hall–Kier alpha value is -2.48. The molecule has 3 aliphatic carbocycles. The van der Waals surface area contributed by atoms with Crippen LogP contribution in [0.5, 0.6) is 0 Å².